The van der Waals surface area contributed by atoms with Gasteiger partial charge < -0.3 is 18.5 Å². The van der Waals surface area contributed by atoms with Crippen LogP contribution in [0.15, 0.2) is 35.3 Å². The molecule has 0 bridgehead atoms. The fourth-order valence-corrected chi connectivity index (χ4v) is 5.84. The standard InChI is InChI=1S/C27H33Cl3N2O4Si/c1-27(2,3)37(4,5)36-16-17-14-22(33)24-21(10-11-23-34-12-7-13-35-23)31-15-20(30)26(24)32(17)25-18(28)8-6-9-19(25)29/h6,8-9,14-15,23H,7,10-13,16H2,1-5H3. The van der Waals surface area contributed by atoms with Crippen LogP contribution in [0.5, 0.6) is 0 Å². The van der Waals surface area contributed by atoms with E-state index in [1.54, 1.807) is 30.5 Å². The van der Waals surface area contributed by atoms with Gasteiger partial charge in [0.05, 0.1) is 62.9 Å². The molecule has 0 spiro atoms. The van der Waals surface area contributed by atoms with Gasteiger partial charge in [0.2, 0.25) is 0 Å². The van der Waals surface area contributed by atoms with Crippen LogP contribution in [0.2, 0.25) is 33.2 Å². The molecule has 0 N–H and O–H groups in total. The summed E-state index contributed by atoms with van der Waals surface area (Å²) < 4.78 is 19.8. The Labute approximate surface area is 233 Å². The van der Waals surface area contributed by atoms with E-state index >= 15 is 0 Å². The van der Waals surface area contributed by atoms with Gasteiger partial charge in [-0.2, -0.15) is 0 Å². The molecule has 1 saturated heterocycles. The number of rotatable bonds is 7. The van der Waals surface area contributed by atoms with Crippen LogP contribution in [-0.4, -0.2) is 37.4 Å². The first-order valence-electron chi connectivity index (χ1n) is 12.4. The smallest absolute Gasteiger partial charge is 0.192 e. The van der Waals surface area contributed by atoms with Crippen LogP contribution in [0.1, 0.15) is 45.0 Å². The van der Waals surface area contributed by atoms with Crippen molar-refractivity contribution >= 4 is 54.0 Å². The molecule has 0 unspecified atom stereocenters. The minimum Gasteiger partial charge on any atom is -0.411 e. The van der Waals surface area contributed by atoms with Crippen molar-refractivity contribution < 1.29 is 13.9 Å². The number of aryl methyl sites for hydroxylation is 1. The van der Waals surface area contributed by atoms with Crippen molar-refractivity contribution in [2.45, 2.75) is 71.1 Å². The second-order valence-corrected chi connectivity index (χ2v) is 16.8. The maximum Gasteiger partial charge on any atom is 0.192 e. The quantitative estimate of drug-likeness (QED) is 0.269. The van der Waals surface area contributed by atoms with E-state index < -0.39 is 8.32 Å². The first-order valence-corrected chi connectivity index (χ1v) is 16.5. The number of nitrogens with zero attached hydrogens (tertiary/aromatic N) is 2. The van der Waals surface area contributed by atoms with Gasteiger partial charge in [-0.3, -0.25) is 9.78 Å². The molecule has 0 aliphatic carbocycles. The third-order valence-corrected chi connectivity index (χ3v) is 12.6. The van der Waals surface area contributed by atoms with E-state index in [0.717, 1.165) is 6.42 Å². The Morgan fingerprint density at radius 3 is 2.38 bits per heavy atom. The Kier molecular flexibility index (Phi) is 8.75. The predicted octanol–water partition coefficient (Wildman–Crippen LogP) is 7.56. The van der Waals surface area contributed by atoms with Crippen LogP contribution in [-0.2, 0) is 26.9 Å². The molecule has 37 heavy (non-hydrogen) atoms. The Bertz CT molecular complexity index is 1330. The molecule has 2 aromatic heterocycles. The van der Waals surface area contributed by atoms with Gasteiger partial charge in [0, 0.05) is 18.7 Å². The highest BCUT2D eigenvalue weighted by Crippen LogP contribution is 2.39. The van der Waals surface area contributed by atoms with Crippen molar-refractivity contribution in [2.24, 2.45) is 0 Å². The third-order valence-electron chi connectivity index (χ3n) is 7.20. The number of pyridine rings is 2. The van der Waals surface area contributed by atoms with Crippen LogP contribution in [0, 0.1) is 0 Å². The summed E-state index contributed by atoms with van der Waals surface area (Å²) in [4.78, 5) is 18.1. The van der Waals surface area contributed by atoms with E-state index in [2.05, 4.69) is 38.8 Å². The van der Waals surface area contributed by atoms with E-state index in [1.807, 2.05) is 4.57 Å². The van der Waals surface area contributed by atoms with Crippen LogP contribution in [0.4, 0.5) is 0 Å². The summed E-state index contributed by atoms with van der Waals surface area (Å²) in [5.41, 5.74) is 2.11. The minimum absolute atomic E-state index is 0.00495. The van der Waals surface area contributed by atoms with Crippen molar-refractivity contribution in [1.82, 2.24) is 9.55 Å². The lowest BCUT2D eigenvalue weighted by Gasteiger charge is -2.36. The van der Waals surface area contributed by atoms with Gasteiger partial charge in [0.1, 0.15) is 0 Å². The summed E-state index contributed by atoms with van der Waals surface area (Å²) in [6.07, 6.45) is 3.19. The molecule has 6 nitrogen and oxygen atoms in total. The van der Waals surface area contributed by atoms with Crippen molar-refractivity contribution in [3.63, 3.8) is 0 Å². The zero-order chi connectivity index (χ0) is 27.0. The van der Waals surface area contributed by atoms with Crippen LogP contribution >= 0.6 is 34.8 Å². The molecule has 0 amide bonds. The predicted molar refractivity (Wildman–Crippen MR) is 153 cm³/mol. The van der Waals surface area contributed by atoms with Gasteiger partial charge in [-0.1, -0.05) is 61.6 Å². The van der Waals surface area contributed by atoms with Crippen molar-refractivity contribution in [3.05, 3.63) is 67.1 Å². The molecule has 1 fully saturated rings. The van der Waals surface area contributed by atoms with Crippen molar-refractivity contribution in [2.75, 3.05) is 13.2 Å². The molecular weight excluding hydrogens is 551 g/mol. The van der Waals surface area contributed by atoms with Gasteiger partial charge in [0.15, 0.2) is 20.0 Å². The number of halogens is 3. The normalized spacial score (nSPS) is 15.5. The average Bonchev–Trinajstić information content (AvgIpc) is 2.83. The molecule has 200 valence electrons. The van der Waals surface area contributed by atoms with Gasteiger partial charge in [-0.05, 0) is 43.1 Å². The molecule has 1 aliphatic rings. The van der Waals surface area contributed by atoms with Crippen LogP contribution < -0.4 is 5.43 Å². The van der Waals surface area contributed by atoms with Gasteiger partial charge in [0.25, 0.3) is 0 Å². The lowest BCUT2D eigenvalue weighted by atomic mass is 10.1. The number of ether oxygens (including phenoxy) is 2. The Morgan fingerprint density at radius 2 is 1.76 bits per heavy atom. The number of hydrogen-bond acceptors (Lipinski definition) is 5. The molecule has 0 saturated carbocycles. The molecule has 0 radical (unpaired) electrons. The maximum absolute atomic E-state index is 13.6. The van der Waals surface area contributed by atoms with E-state index in [0.29, 0.717) is 69.1 Å². The van der Waals surface area contributed by atoms with Crippen molar-refractivity contribution in [1.29, 1.82) is 0 Å². The van der Waals surface area contributed by atoms with E-state index in [4.69, 9.17) is 48.7 Å². The zero-order valence-corrected chi connectivity index (χ0v) is 25.1. The second kappa shape index (κ2) is 11.3. The van der Waals surface area contributed by atoms with E-state index in [9.17, 15) is 4.79 Å². The Balaban J connectivity index is 1.89. The zero-order valence-electron chi connectivity index (χ0n) is 21.9. The molecule has 10 heteroatoms. The molecular formula is C27H33Cl3N2O4Si. The highest BCUT2D eigenvalue weighted by atomic mass is 35.5. The topological polar surface area (TPSA) is 62.6 Å². The van der Waals surface area contributed by atoms with Crippen LogP contribution in [0.25, 0.3) is 16.6 Å². The molecule has 3 aromatic rings. The Hall–Kier alpha value is -1.45. The van der Waals surface area contributed by atoms with E-state index in [-0.39, 0.29) is 23.4 Å². The lowest BCUT2D eigenvalue weighted by Crippen LogP contribution is -2.40. The SMILES string of the molecule is CC(C)(C)[Si](C)(C)OCc1cc(=O)c2c(CCC3OCCCO3)ncc(Cl)c2n1-c1c(Cl)cccc1Cl. The van der Waals surface area contributed by atoms with Gasteiger partial charge in [-0.25, -0.2) is 0 Å². The largest absolute Gasteiger partial charge is 0.411 e. The van der Waals surface area contributed by atoms with E-state index in [1.165, 1.54) is 0 Å². The summed E-state index contributed by atoms with van der Waals surface area (Å²) in [5.74, 6) is 0. The van der Waals surface area contributed by atoms with Gasteiger partial charge >= 0.3 is 0 Å². The highest BCUT2D eigenvalue weighted by molar-refractivity contribution is 6.74. The summed E-state index contributed by atoms with van der Waals surface area (Å²) in [6.45, 7) is 12.4. The minimum atomic E-state index is -2.13. The first kappa shape index (κ1) is 28.6. The number of hydrogen-bond donors (Lipinski definition) is 0. The van der Waals surface area contributed by atoms with Crippen molar-refractivity contribution in [3.8, 4) is 5.69 Å². The highest BCUT2D eigenvalue weighted by Gasteiger charge is 2.37. The monoisotopic (exact) mass is 582 g/mol. The number of aromatic nitrogens is 2. The summed E-state index contributed by atoms with van der Waals surface area (Å²) >= 11 is 20.1. The molecule has 1 aliphatic heterocycles. The summed E-state index contributed by atoms with van der Waals surface area (Å²) in [7, 11) is -2.13. The number of fused-ring (bicyclic) bond motifs is 1. The van der Waals surface area contributed by atoms with Crippen LogP contribution in [0.3, 0.4) is 0 Å². The first-order chi connectivity index (χ1) is 17.4. The fourth-order valence-electron chi connectivity index (χ4n) is 4.11. The number of benzene rings is 1. The molecule has 0 atom stereocenters. The Morgan fingerprint density at radius 1 is 1.11 bits per heavy atom. The maximum atomic E-state index is 13.6. The lowest BCUT2D eigenvalue weighted by molar-refractivity contribution is -0.180. The molecule has 3 heterocycles. The average molecular weight is 584 g/mol. The summed E-state index contributed by atoms with van der Waals surface area (Å²) in [6, 6.07) is 6.89. The summed E-state index contributed by atoms with van der Waals surface area (Å²) in [5, 5.41) is 1.62. The third kappa shape index (κ3) is 6.09. The molecule has 1 aromatic carbocycles. The number of para-hydroxylation sites is 1. The fraction of sp³-hybridized carbons (Fsp3) is 0.481. The molecule has 4 rings (SSSR count). The van der Waals surface area contributed by atoms with Gasteiger partial charge in [-0.15, -0.1) is 0 Å². The second-order valence-electron chi connectivity index (χ2n) is 10.8.